The molecular formula is C46H48Cl2F6Zr-2. The maximum absolute atomic E-state index is 12.7. The Hall–Kier alpha value is -2.73. The summed E-state index contributed by atoms with van der Waals surface area (Å²) in [6.45, 7) is 22.4. The van der Waals surface area contributed by atoms with E-state index in [-0.39, 0.29) is 46.8 Å². The minimum Gasteiger partial charge on any atom is -1.00 e. The Morgan fingerprint density at radius 2 is 1.18 bits per heavy atom. The van der Waals surface area contributed by atoms with Crippen LogP contribution in [0, 0.1) is 24.0 Å². The predicted octanol–water partition coefficient (Wildman–Crippen LogP) is 7.47. The van der Waals surface area contributed by atoms with Gasteiger partial charge >= 0.3 is 137 Å². The first-order valence-electron chi connectivity index (χ1n) is 17.8. The first-order valence-corrected chi connectivity index (χ1v) is 19.0. The average molecular weight is 877 g/mol. The van der Waals surface area contributed by atoms with E-state index in [9.17, 15) is 26.3 Å². The maximum atomic E-state index is 12.7. The summed E-state index contributed by atoms with van der Waals surface area (Å²) in [7, 11) is 0. The van der Waals surface area contributed by atoms with Crippen molar-refractivity contribution >= 4 is 3.21 Å². The van der Waals surface area contributed by atoms with Crippen molar-refractivity contribution < 1.29 is 75.4 Å². The molecule has 0 N–H and O–H groups in total. The summed E-state index contributed by atoms with van der Waals surface area (Å²) in [6, 6.07) is 24.2. The Labute approximate surface area is 351 Å². The summed E-state index contributed by atoms with van der Waals surface area (Å²) in [5, 5.41) is 0. The van der Waals surface area contributed by atoms with Crippen LogP contribution in [0.25, 0.3) is 11.1 Å². The van der Waals surface area contributed by atoms with E-state index in [4.69, 9.17) is 0 Å². The molecule has 2 aliphatic carbocycles. The van der Waals surface area contributed by atoms with Gasteiger partial charge in [0.25, 0.3) is 0 Å². The summed E-state index contributed by atoms with van der Waals surface area (Å²) in [6.07, 6.45) is -2.27. The molecule has 0 saturated heterocycles. The smallest absolute Gasteiger partial charge is 1.00 e. The Bertz CT molecular complexity index is 1900. The molecule has 2 aliphatic rings. The molecule has 1 unspecified atom stereocenters. The van der Waals surface area contributed by atoms with Gasteiger partial charge in [0.2, 0.25) is 0 Å². The van der Waals surface area contributed by atoms with E-state index in [2.05, 4.69) is 118 Å². The van der Waals surface area contributed by atoms with Gasteiger partial charge in [0.15, 0.2) is 0 Å². The van der Waals surface area contributed by atoms with Gasteiger partial charge in [-0.15, -0.1) is 5.56 Å². The molecule has 0 aromatic heterocycles. The summed E-state index contributed by atoms with van der Waals surface area (Å²) < 4.78 is 76.7. The summed E-state index contributed by atoms with van der Waals surface area (Å²) in [4.78, 5) is 0. The third kappa shape index (κ3) is 12.6. The molecule has 0 saturated carbocycles. The molecule has 4 aromatic carbocycles. The summed E-state index contributed by atoms with van der Waals surface area (Å²) in [5.74, 6) is 1.20. The van der Waals surface area contributed by atoms with E-state index < -0.39 is 23.5 Å². The zero-order chi connectivity index (χ0) is 39.7. The average Bonchev–Trinajstić information content (AvgIpc) is 3.61. The second-order valence-corrected chi connectivity index (χ2v) is 17.4. The van der Waals surface area contributed by atoms with Crippen LogP contribution in [0.5, 0.6) is 0 Å². The first-order chi connectivity index (χ1) is 24.4. The van der Waals surface area contributed by atoms with Gasteiger partial charge < -0.3 is 24.8 Å². The van der Waals surface area contributed by atoms with Crippen molar-refractivity contribution in [2.45, 2.75) is 98.8 Å². The fourth-order valence-corrected chi connectivity index (χ4v) is 7.10. The van der Waals surface area contributed by atoms with Gasteiger partial charge in [0.1, 0.15) is 0 Å². The van der Waals surface area contributed by atoms with E-state index in [1.807, 2.05) is 0 Å². The molecule has 55 heavy (non-hydrogen) atoms. The molecule has 4 aromatic rings. The van der Waals surface area contributed by atoms with Crippen molar-refractivity contribution in [2.75, 3.05) is 0 Å². The molecule has 0 amide bonds. The van der Waals surface area contributed by atoms with Gasteiger partial charge in [-0.25, -0.2) is 5.57 Å². The molecular weight excluding hydrogens is 829 g/mol. The molecule has 0 bridgehead atoms. The second-order valence-electron chi connectivity index (χ2n) is 16.2. The van der Waals surface area contributed by atoms with Crippen molar-refractivity contribution in [3.63, 3.8) is 0 Å². The minimum absolute atomic E-state index is 0. The van der Waals surface area contributed by atoms with Gasteiger partial charge in [-0.05, 0) is 17.4 Å². The minimum atomic E-state index is -4.49. The van der Waals surface area contributed by atoms with Crippen molar-refractivity contribution in [1.82, 2.24) is 0 Å². The molecule has 0 heterocycles. The molecule has 9 heteroatoms. The molecule has 1 atom stereocenters. The van der Waals surface area contributed by atoms with E-state index in [1.165, 1.54) is 68.8 Å². The van der Waals surface area contributed by atoms with Crippen LogP contribution >= 0.6 is 0 Å². The number of fused-ring (bicyclic) bond motifs is 3. The number of allylic oxidation sites excluding steroid dienone is 4. The van der Waals surface area contributed by atoms with Crippen LogP contribution < -0.4 is 24.8 Å². The first kappa shape index (κ1) is 48.4. The fourth-order valence-electron chi connectivity index (χ4n) is 6.34. The van der Waals surface area contributed by atoms with Gasteiger partial charge in [-0.3, -0.25) is 6.08 Å². The normalized spacial score (nSPS) is 14.9. The summed E-state index contributed by atoms with van der Waals surface area (Å²) >= 11 is 0.729. The Morgan fingerprint density at radius 3 is 1.58 bits per heavy atom. The van der Waals surface area contributed by atoms with E-state index >= 15 is 0 Å². The van der Waals surface area contributed by atoms with Gasteiger partial charge in [0.05, 0.1) is 0 Å². The van der Waals surface area contributed by atoms with Gasteiger partial charge in [-0.2, -0.15) is 41.0 Å². The van der Waals surface area contributed by atoms with Crippen molar-refractivity contribution in [3.8, 4) is 11.1 Å². The topological polar surface area (TPSA) is 0 Å². The van der Waals surface area contributed by atoms with Crippen LogP contribution in [0.15, 0.2) is 96.1 Å². The van der Waals surface area contributed by atoms with E-state index in [0.29, 0.717) is 15.0 Å². The fraction of sp³-hybridized carbons (Fsp3) is 0.370. The predicted molar refractivity (Wildman–Crippen MR) is 202 cm³/mol. The zero-order valence-electron chi connectivity index (χ0n) is 33.0. The third-order valence-electron chi connectivity index (χ3n) is 9.41. The number of rotatable bonds is 3. The van der Waals surface area contributed by atoms with Gasteiger partial charge in [-0.1, -0.05) is 116 Å². The maximum Gasteiger partial charge on any atom is -1.00 e. The molecule has 0 fully saturated rings. The Morgan fingerprint density at radius 1 is 0.691 bits per heavy atom. The molecule has 294 valence electrons. The third-order valence-corrected chi connectivity index (χ3v) is 10.8. The molecule has 0 nitrogen and oxygen atoms in total. The quantitative estimate of drug-likeness (QED) is 0.131. The monoisotopic (exact) mass is 874 g/mol. The number of alkyl halides is 6. The van der Waals surface area contributed by atoms with E-state index in [0.717, 1.165) is 54.9 Å². The molecule has 0 aliphatic heterocycles. The number of hydrogen-bond donors (Lipinski definition) is 0. The van der Waals surface area contributed by atoms with Crippen LogP contribution in [0.3, 0.4) is 0 Å². The van der Waals surface area contributed by atoms with Crippen molar-refractivity contribution in [2.24, 2.45) is 11.8 Å². The van der Waals surface area contributed by atoms with Crippen LogP contribution in [0.4, 0.5) is 26.3 Å². The van der Waals surface area contributed by atoms with Crippen LogP contribution in [0.2, 0.25) is 0 Å². The number of benzene rings is 4. The van der Waals surface area contributed by atoms with Crippen LogP contribution in [-0.4, -0.2) is 3.21 Å². The molecule has 0 radical (unpaired) electrons. The van der Waals surface area contributed by atoms with Gasteiger partial charge in [0, 0.05) is 0 Å². The second kappa shape index (κ2) is 18.7. The van der Waals surface area contributed by atoms with Crippen LogP contribution in [-0.2, 0) is 53.8 Å². The van der Waals surface area contributed by atoms with Crippen LogP contribution in [0.1, 0.15) is 114 Å². The molecule has 6 rings (SSSR count). The largest absolute Gasteiger partial charge is 1.00 e. The Kier molecular flexibility index (Phi) is 16.5. The standard InChI is InChI=1S/C21H25.C15H8F6.C10H15.2ClH.Zr/c1-20(2,3)16-9-7-14-11-15-8-10-17(21(4,5)6)13-19(15)18(14)12-16;16-14(17,18)12-5-1-3-10(8-12)7-11-4-2-6-13(9-11)15(19,20)21;1-7(2)10-6-8(3)5-9(10)4;;;/h7,9-10,12-13H,11H2,1-6H3;1-6,8-9H;6-8H,1-4H3;2*1H;/q-1;;-1;;;+2/p-2. The SMILES string of the molecule is CC(C)(C)c1c[c-]c2c(c1)-c1cc(C(C)(C)C)ccc1C2.CC1=[C-]C(C)C=C1C(C)C.FC(F)(F)c1cccc([C](=[Zr+2])c2cccc(C(F)(F)F)c2)c1.[Cl-].[Cl-]. The zero-order valence-corrected chi connectivity index (χ0v) is 36.9. The van der Waals surface area contributed by atoms with Crippen molar-refractivity contribution in [1.29, 1.82) is 0 Å². The number of hydrogen-bond acceptors (Lipinski definition) is 0. The molecule has 0 spiro atoms. The number of halogens is 8. The Balaban J connectivity index is 0.000000298. The van der Waals surface area contributed by atoms with E-state index in [1.54, 1.807) is 0 Å². The summed E-state index contributed by atoms with van der Waals surface area (Å²) in [5.41, 5.74) is 10.5. The van der Waals surface area contributed by atoms with Crippen molar-refractivity contribution in [3.05, 3.63) is 153 Å².